The van der Waals surface area contributed by atoms with E-state index in [2.05, 4.69) is 18.0 Å². The van der Waals surface area contributed by atoms with Crippen LogP contribution in [0.4, 0.5) is 0 Å². The van der Waals surface area contributed by atoms with Gasteiger partial charge in [0.15, 0.2) is 0 Å². The standard InChI is InChI=1S/C11H18N2/c1-3-7-13-11(2,9-12)8-10-5-4-6-10/h3,10,13H,1,4-8H2,2H3. The summed E-state index contributed by atoms with van der Waals surface area (Å²) >= 11 is 0. The van der Waals surface area contributed by atoms with E-state index in [4.69, 9.17) is 5.26 Å². The number of nitrogens with zero attached hydrogens (tertiary/aromatic N) is 1. The van der Waals surface area contributed by atoms with E-state index in [9.17, 15) is 0 Å². The summed E-state index contributed by atoms with van der Waals surface area (Å²) < 4.78 is 0. The number of rotatable bonds is 5. The highest BCUT2D eigenvalue weighted by Gasteiger charge is 2.29. The SMILES string of the molecule is C=CCNC(C)(C#N)CC1CCC1. The van der Waals surface area contributed by atoms with Gasteiger partial charge < -0.3 is 0 Å². The molecule has 0 amide bonds. The van der Waals surface area contributed by atoms with Crippen molar-refractivity contribution in [2.75, 3.05) is 6.54 Å². The van der Waals surface area contributed by atoms with Crippen molar-refractivity contribution in [1.82, 2.24) is 5.32 Å². The lowest BCUT2D eigenvalue weighted by atomic mass is 9.77. The summed E-state index contributed by atoms with van der Waals surface area (Å²) in [5.74, 6) is 0.766. The molecule has 1 unspecified atom stereocenters. The third-order valence-electron chi connectivity index (χ3n) is 2.80. The largest absolute Gasteiger partial charge is 0.296 e. The maximum absolute atomic E-state index is 9.03. The number of hydrogen-bond acceptors (Lipinski definition) is 2. The number of nitrogens with one attached hydrogen (secondary N) is 1. The van der Waals surface area contributed by atoms with Crippen LogP contribution in [0.15, 0.2) is 12.7 Å². The van der Waals surface area contributed by atoms with E-state index in [0.29, 0.717) is 0 Å². The van der Waals surface area contributed by atoms with Gasteiger partial charge in [0.1, 0.15) is 5.54 Å². The van der Waals surface area contributed by atoms with E-state index in [-0.39, 0.29) is 5.54 Å². The molecule has 13 heavy (non-hydrogen) atoms. The predicted octanol–water partition coefficient (Wildman–Crippen LogP) is 2.23. The van der Waals surface area contributed by atoms with E-state index in [1.807, 2.05) is 6.92 Å². The van der Waals surface area contributed by atoms with Crippen molar-refractivity contribution in [3.63, 3.8) is 0 Å². The van der Waals surface area contributed by atoms with Crippen molar-refractivity contribution in [3.8, 4) is 6.07 Å². The Kier molecular flexibility index (Phi) is 3.50. The minimum absolute atomic E-state index is 0.348. The Hall–Kier alpha value is -0.810. The zero-order chi connectivity index (χ0) is 9.73. The molecule has 0 spiro atoms. The van der Waals surface area contributed by atoms with Crippen LogP contribution in [-0.4, -0.2) is 12.1 Å². The third kappa shape index (κ3) is 2.86. The summed E-state index contributed by atoms with van der Waals surface area (Å²) in [6.45, 7) is 6.34. The summed E-state index contributed by atoms with van der Waals surface area (Å²) in [7, 11) is 0. The van der Waals surface area contributed by atoms with E-state index in [0.717, 1.165) is 18.9 Å². The fraction of sp³-hybridized carbons (Fsp3) is 0.727. The summed E-state index contributed by atoms with van der Waals surface area (Å²) in [6, 6.07) is 2.35. The van der Waals surface area contributed by atoms with Crippen LogP contribution in [-0.2, 0) is 0 Å². The Morgan fingerprint density at radius 1 is 1.69 bits per heavy atom. The van der Waals surface area contributed by atoms with Crippen LogP contribution in [0, 0.1) is 17.2 Å². The van der Waals surface area contributed by atoms with E-state index in [1.54, 1.807) is 6.08 Å². The van der Waals surface area contributed by atoms with E-state index >= 15 is 0 Å². The van der Waals surface area contributed by atoms with Crippen molar-refractivity contribution in [3.05, 3.63) is 12.7 Å². The van der Waals surface area contributed by atoms with Crippen molar-refractivity contribution in [1.29, 1.82) is 5.26 Å². The Morgan fingerprint density at radius 3 is 2.77 bits per heavy atom. The van der Waals surface area contributed by atoms with Gasteiger partial charge in [-0.3, -0.25) is 5.32 Å². The van der Waals surface area contributed by atoms with E-state index < -0.39 is 0 Å². The molecule has 0 aromatic carbocycles. The lowest BCUT2D eigenvalue weighted by Crippen LogP contribution is -2.43. The molecule has 1 atom stereocenters. The summed E-state index contributed by atoms with van der Waals surface area (Å²) in [5.41, 5.74) is -0.348. The molecule has 72 valence electrons. The van der Waals surface area contributed by atoms with Crippen LogP contribution < -0.4 is 5.32 Å². The molecule has 0 bridgehead atoms. The second kappa shape index (κ2) is 4.43. The van der Waals surface area contributed by atoms with Crippen molar-refractivity contribution in [2.45, 2.75) is 38.1 Å². The van der Waals surface area contributed by atoms with Gasteiger partial charge in [-0.25, -0.2) is 0 Å². The average Bonchev–Trinajstić information content (AvgIpc) is 2.08. The van der Waals surface area contributed by atoms with E-state index in [1.165, 1.54) is 19.3 Å². The highest BCUT2D eigenvalue weighted by molar-refractivity contribution is 5.06. The van der Waals surface area contributed by atoms with Gasteiger partial charge in [0.2, 0.25) is 0 Å². The highest BCUT2D eigenvalue weighted by atomic mass is 15.0. The quantitative estimate of drug-likeness (QED) is 0.655. The molecule has 1 aliphatic rings. The first kappa shape index (κ1) is 10.3. The molecule has 1 rings (SSSR count). The van der Waals surface area contributed by atoms with Gasteiger partial charge in [0, 0.05) is 6.54 Å². The molecule has 0 aliphatic heterocycles. The normalized spacial score (nSPS) is 21.2. The first-order chi connectivity index (χ1) is 6.20. The van der Waals surface area contributed by atoms with Crippen LogP contribution >= 0.6 is 0 Å². The zero-order valence-electron chi connectivity index (χ0n) is 8.34. The molecule has 1 aliphatic carbocycles. The minimum Gasteiger partial charge on any atom is -0.296 e. The molecular formula is C11H18N2. The summed E-state index contributed by atoms with van der Waals surface area (Å²) in [6.07, 6.45) is 6.72. The fourth-order valence-corrected chi connectivity index (χ4v) is 1.73. The molecule has 0 radical (unpaired) electrons. The Morgan fingerprint density at radius 2 is 2.38 bits per heavy atom. The average molecular weight is 178 g/mol. The van der Waals surface area contributed by atoms with Crippen molar-refractivity contribution >= 4 is 0 Å². The second-order valence-electron chi connectivity index (χ2n) is 4.11. The van der Waals surface area contributed by atoms with Crippen LogP contribution in [0.2, 0.25) is 0 Å². The predicted molar refractivity (Wildman–Crippen MR) is 54.2 cm³/mol. The fourth-order valence-electron chi connectivity index (χ4n) is 1.73. The van der Waals surface area contributed by atoms with Gasteiger partial charge in [-0.2, -0.15) is 5.26 Å². The molecule has 0 aromatic rings. The van der Waals surface area contributed by atoms with Gasteiger partial charge in [-0.15, -0.1) is 6.58 Å². The number of nitriles is 1. The second-order valence-corrected chi connectivity index (χ2v) is 4.11. The Bertz CT molecular complexity index is 213. The lowest BCUT2D eigenvalue weighted by molar-refractivity contribution is 0.240. The summed E-state index contributed by atoms with van der Waals surface area (Å²) in [5, 5.41) is 12.2. The smallest absolute Gasteiger partial charge is 0.104 e. The van der Waals surface area contributed by atoms with Crippen molar-refractivity contribution < 1.29 is 0 Å². The molecule has 1 fully saturated rings. The van der Waals surface area contributed by atoms with Gasteiger partial charge in [-0.1, -0.05) is 25.3 Å². The van der Waals surface area contributed by atoms with Crippen molar-refractivity contribution in [2.24, 2.45) is 5.92 Å². The first-order valence-corrected chi connectivity index (χ1v) is 4.97. The van der Waals surface area contributed by atoms with Crippen LogP contribution in [0.3, 0.4) is 0 Å². The molecule has 1 saturated carbocycles. The maximum Gasteiger partial charge on any atom is 0.104 e. The lowest BCUT2D eigenvalue weighted by Gasteiger charge is -2.32. The molecular weight excluding hydrogens is 160 g/mol. The van der Waals surface area contributed by atoms with Gasteiger partial charge in [-0.05, 0) is 19.3 Å². The molecule has 2 heteroatoms. The highest BCUT2D eigenvalue weighted by Crippen LogP contribution is 2.33. The van der Waals surface area contributed by atoms with Crippen LogP contribution in [0.1, 0.15) is 32.6 Å². The number of hydrogen-bond donors (Lipinski definition) is 1. The maximum atomic E-state index is 9.03. The molecule has 0 heterocycles. The zero-order valence-corrected chi connectivity index (χ0v) is 8.34. The molecule has 2 nitrogen and oxygen atoms in total. The van der Waals surface area contributed by atoms with Gasteiger partial charge in [0.05, 0.1) is 6.07 Å². The molecule has 0 aromatic heterocycles. The van der Waals surface area contributed by atoms with Crippen LogP contribution in [0.5, 0.6) is 0 Å². The van der Waals surface area contributed by atoms with Crippen LogP contribution in [0.25, 0.3) is 0 Å². The monoisotopic (exact) mass is 178 g/mol. The minimum atomic E-state index is -0.348. The Labute approximate surface area is 80.6 Å². The summed E-state index contributed by atoms with van der Waals surface area (Å²) in [4.78, 5) is 0. The van der Waals surface area contributed by atoms with Gasteiger partial charge >= 0.3 is 0 Å². The Balaban J connectivity index is 2.37. The third-order valence-corrected chi connectivity index (χ3v) is 2.80. The topological polar surface area (TPSA) is 35.8 Å². The first-order valence-electron chi connectivity index (χ1n) is 4.97. The molecule has 1 N–H and O–H groups in total. The van der Waals surface area contributed by atoms with Gasteiger partial charge in [0.25, 0.3) is 0 Å². The molecule has 0 saturated heterocycles.